The van der Waals surface area contributed by atoms with E-state index >= 15 is 0 Å². The van der Waals surface area contributed by atoms with Crippen molar-refractivity contribution in [1.29, 1.82) is 0 Å². The molecule has 0 aromatic heterocycles. The van der Waals surface area contributed by atoms with E-state index in [1.54, 1.807) is 13.0 Å². The van der Waals surface area contributed by atoms with Crippen LogP contribution in [0.2, 0.25) is 0 Å². The Balaban J connectivity index is 3.77. The van der Waals surface area contributed by atoms with Crippen LogP contribution in [0.4, 0.5) is 0 Å². The number of ether oxygens (including phenoxy) is 1. The van der Waals surface area contributed by atoms with E-state index in [1.165, 1.54) is 6.92 Å². The van der Waals surface area contributed by atoms with Gasteiger partial charge in [-0.2, -0.15) is 0 Å². The number of aliphatic hydroxyl groups is 1. The second-order valence-corrected chi connectivity index (χ2v) is 3.99. The third-order valence-electron chi connectivity index (χ3n) is 2.09. The lowest BCUT2D eigenvalue weighted by Gasteiger charge is -2.22. The molecule has 3 heteroatoms. The summed E-state index contributed by atoms with van der Waals surface area (Å²) < 4.78 is 4.76. The van der Waals surface area contributed by atoms with Gasteiger partial charge in [-0.3, -0.25) is 4.79 Å². The standard InChI is InChI=1S/C12H20O3/c1-5-10(2)7-6-8-12(4,14)9-15-11(3)13/h5,14H,1-2,6-9H2,3-4H3. The van der Waals surface area contributed by atoms with Gasteiger partial charge >= 0.3 is 5.97 Å². The first-order chi connectivity index (χ1) is 6.87. The predicted molar refractivity (Wildman–Crippen MR) is 60.4 cm³/mol. The zero-order valence-electron chi connectivity index (χ0n) is 9.58. The SMILES string of the molecule is C=CC(=C)CCCC(C)(O)COC(C)=O. The van der Waals surface area contributed by atoms with Crippen LogP contribution in [0.25, 0.3) is 0 Å². The molecule has 0 aliphatic heterocycles. The fourth-order valence-corrected chi connectivity index (χ4v) is 1.13. The minimum atomic E-state index is -0.951. The minimum Gasteiger partial charge on any atom is -0.463 e. The van der Waals surface area contributed by atoms with E-state index in [2.05, 4.69) is 13.2 Å². The molecule has 0 aromatic rings. The van der Waals surface area contributed by atoms with Gasteiger partial charge in [0.15, 0.2) is 0 Å². The van der Waals surface area contributed by atoms with Gasteiger partial charge in [-0.25, -0.2) is 0 Å². The molecule has 0 aliphatic rings. The van der Waals surface area contributed by atoms with Crippen molar-refractivity contribution in [3.63, 3.8) is 0 Å². The third-order valence-corrected chi connectivity index (χ3v) is 2.09. The molecular weight excluding hydrogens is 192 g/mol. The van der Waals surface area contributed by atoms with Crippen LogP contribution >= 0.6 is 0 Å². The number of carbonyl (C=O) groups excluding carboxylic acids is 1. The first-order valence-electron chi connectivity index (χ1n) is 5.03. The van der Waals surface area contributed by atoms with Crippen molar-refractivity contribution in [2.24, 2.45) is 0 Å². The highest BCUT2D eigenvalue weighted by Crippen LogP contribution is 2.16. The highest BCUT2D eigenvalue weighted by molar-refractivity contribution is 5.65. The first-order valence-corrected chi connectivity index (χ1v) is 5.03. The molecule has 0 amide bonds. The molecule has 0 heterocycles. The quantitative estimate of drug-likeness (QED) is 0.520. The maximum atomic E-state index is 10.6. The van der Waals surface area contributed by atoms with Gasteiger partial charge in [0.05, 0.1) is 5.60 Å². The molecule has 1 unspecified atom stereocenters. The average molecular weight is 212 g/mol. The van der Waals surface area contributed by atoms with Crippen molar-refractivity contribution < 1.29 is 14.6 Å². The number of allylic oxidation sites excluding steroid dienone is 2. The van der Waals surface area contributed by atoms with E-state index in [4.69, 9.17) is 4.74 Å². The Hall–Kier alpha value is -1.09. The van der Waals surface area contributed by atoms with Gasteiger partial charge in [0.2, 0.25) is 0 Å². The van der Waals surface area contributed by atoms with Crippen LogP contribution in [0, 0.1) is 0 Å². The smallest absolute Gasteiger partial charge is 0.302 e. The van der Waals surface area contributed by atoms with Gasteiger partial charge in [0, 0.05) is 6.92 Å². The van der Waals surface area contributed by atoms with Gasteiger partial charge in [-0.1, -0.05) is 24.8 Å². The number of hydrogen-bond acceptors (Lipinski definition) is 3. The zero-order valence-corrected chi connectivity index (χ0v) is 9.58. The lowest BCUT2D eigenvalue weighted by molar-refractivity contribution is -0.148. The molecule has 0 saturated heterocycles. The van der Waals surface area contributed by atoms with Crippen LogP contribution in [-0.2, 0) is 9.53 Å². The van der Waals surface area contributed by atoms with Gasteiger partial charge in [0.1, 0.15) is 6.61 Å². The molecule has 0 saturated carbocycles. The van der Waals surface area contributed by atoms with Crippen molar-refractivity contribution in [1.82, 2.24) is 0 Å². The molecule has 1 N–H and O–H groups in total. The van der Waals surface area contributed by atoms with Crippen molar-refractivity contribution in [3.05, 3.63) is 24.8 Å². The Morgan fingerprint density at radius 2 is 2.20 bits per heavy atom. The molecule has 0 aromatic carbocycles. The molecule has 0 radical (unpaired) electrons. The van der Waals surface area contributed by atoms with E-state index in [-0.39, 0.29) is 12.6 Å². The molecule has 0 rings (SSSR count). The Bertz CT molecular complexity index is 241. The molecule has 15 heavy (non-hydrogen) atoms. The molecule has 0 bridgehead atoms. The minimum absolute atomic E-state index is 0.0445. The van der Waals surface area contributed by atoms with Crippen molar-refractivity contribution in [2.45, 2.75) is 38.7 Å². The highest BCUT2D eigenvalue weighted by Gasteiger charge is 2.21. The number of esters is 1. The Kier molecular flexibility index (Phi) is 5.94. The van der Waals surface area contributed by atoms with Crippen LogP contribution < -0.4 is 0 Å². The monoisotopic (exact) mass is 212 g/mol. The van der Waals surface area contributed by atoms with Gasteiger partial charge in [-0.15, -0.1) is 0 Å². The largest absolute Gasteiger partial charge is 0.463 e. The van der Waals surface area contributed by atoms with E-state index in [0.29, 0.717) is 6.42 Å². The summed E-state index contributed by atoms with van der Waals surface area (Å²) in [5, 5.41) is 9.82. The summed E-state index contributed by atoms with van der Waals surface area (Å²) in [6, 6.07) is 0. The molecule has 0 aliphatic carbocycles. The number of carbonyl (C=O) groups is 1. The van der Waals surface area contributed by atoms with Gasteiger partial charge in [0.25, 0.3) is 0 Å². The summed E-state index contributed by atoms with van der Waals surface area (Å²) in [7, 11) is 0. The molecule has 0 fully saturated rings. The summed E-state index contributed by atoms with van der Waals surface area (Å²) in [5.74, 6) is -0.370. The first kappa shape index (κ1) is 13.9. The van der Waals surface area contributed by atoms with Crippen LogP contribution in [0.15, 0.2) is 24.8 Å². The number of hydrogen-bond donors (Lipinski definition) is 1. The highest BCUT2D eigenvalue weighted by atomic mass is 16.5. The molecular formula is C12H20O3. The van der Waals surface area contributed by atoms with Crippen LogP contribution in [0.3, 0.4) is 0 Å². The molecule has 1 atom stereocenters. The fraction of sp³-hybridized carbons (Fsp3) is 0.583. The third kappa shape index (κ3) is 7.94. The van der Waals surface area contributed by atoms with E-state index in [1.807, 2.05) is 0 Å². The van der Waals surface area contributed by atoms with Crippen molar-refractivity contribution in [2.75, 3.05) is 6.61 Å². The summed E-state index contributed by atoms with van der Waals surface area (Å²) in [5.41, 5.74) is 0.00548. The van der Waals surface area contributed by atoms with Crippen LogP contribution in [-0.4, -0.2) is 23.3 Å². The van der Waals surface area contributed by atoms with E-state index in [9.17, 15) is 9.90 Å². The summed E-state index contributed by atoms with van der Waals surface area (Å²) in [6.45, 7) is 10.4. The lowest BCUT2D eigenvalue weighted by atomic mass is 9.98. The predicted octanol–water partition coefficient (Wildman–Crippen LogP) is 2.21. The maximum absolute atomic E-state index is 10.6. The molecule has 86 valence electrons. The number of rotatable bonds is 7. The van der Waals surface area contributed by atoms with Crippen molar-refractivity contribution in [3.8, 4) is 0 Å². The van der Waals surface area contributed by atoms with Gasteiger partial charge < -0.3 is 9.84 Å². The maximum Gasteiger partial charge on any atom is 0.302 e. The topological polar surface area (TPSA) is 46.5 Å². The molecule has 0 spiro atoms. The summed E-state index contributed by atoms with van der Waals surface area (Å²) >= 11 is 0. The average Bonchev–Trinajstić information content (AvgIpc) is 2.14. The summed E-state index contributed by atoms with van der Waals surface area (Å²) in [4.78, 5) is 10.6. The second-order valence-electron chi connectivity index (χ2n) is 3.99. The normalized spacial score (nSPS) is 14.1. The van der Waals surface area contributed by atoms with E-state index in [0.717, 1.165) is 18.4 Å². The van der Waals surface area contributed by atoms with Crippen molar-refractivity contribution >= 4 is 5.97 Å². The van der Waals surface area contributed by atoms with E-state index < -0.39 is 5.60 Å². The Morgan fingerprint density at radius 1 is 1.60 bits per heavy atom. The summed E-state index contributed by atoms with van der Waals surface area (Å²) in [6.07, 6.45) is 3.90. The van der Waals surface area contributed by atoms with Crippen LogP contribution in [0.5, 0.6) is 0 Å². The lowest BCUT2D eigenvalue weighted by Crippen LogP contribution is -2.31. The zero-order chi connectivity index (χ0) is 11.9. The molecule has 3 nitrogen and oxygen atoms in total. The second kappa shape index (κ2) is 6.40. The van der Waals surface area contributed by atoms with Gasteiger partial charge in [-0.05, 0) is 26.2 Å². The Morgan fingerprint density at radius 3 is 2.67 bits per heavy atom. The Labute approximate surface area is 91.4 Å². The fourth-order valence-electron chi connectivity index (χ4n) is 1.13. The van der Waals surface area contributed by atoms with Crippen LogP contribution in [0.1, 0.15) is 33.1 Å².